The molecule has 0 unspecified atom stereocenters. The zero-order valence-electron chi connectivity index (χ0n) is 20.6. The third-order valence-corrected chi connectivity index (χ3v) is 7.46. The molecule has 0 spiro atoms. The van der Waals surface area contributed by atoms with Crippen LogP contribution >= 0.6 is 35.0 Å². The van der Waals surface area contributed by atoms with Gasteiger partial charge < -0.3 is 19.9 Å². The summed E-state index contributed by atoms with van der Waals surface area (Å²) in [5.74, 6) is 0.965. The number of halogens is 2. The first-order chi connectivity index (χ1) is 17.9. The van der Waals surface area contributed by atoms with Crippen molar-refractivity contribution in [3.05, 3.63) is 82.3 Å². The fourth-order valence-electron chi connectivity index (χ4n) is 3.96. The molecule has 1 N–H and O–H groups in total. The Kier molecular flexibility index (Phi) is 9.61. The quantitative estimate of drug-likeness (QED) is 0.305. The van der Waals surface area contributed by atoms with Gasteiger partial charge in [-0.1, -0.05) is 30.1 Å². The van der Waals surface area contributed by atoms with Crippen LogP contribution in [0.2, 0.25) is 10.0 Å². The fraction of sp³-hybridized carbons (Fsp3) is 0.286. The van der Waals surface area contributed by atoms with E-state index in [1.54, 1.807) is 18.2 Å². The minimum absolute atomic E-state index is 0.0160. The number of carbonyl (C=O) groups is 2. The number of rotatable bonds is 9. The number of thioether (sulfide) groups is 1. The van der Waals surface area contributed by atoms with Gasteiger partial charge in [0.25, 0.3) is 5.91 Å². The largest absolute Gasteiger partial charge is 0.494 e. The molecule has 0 bridgehead atoms. The van der Waals surface area contributed by atoms with Crippen LogP contribution in [0.25, 0.3) is 0 Å². The second kappa shape index (κ2) is 13.1. The lowest BCUT2D eigenvalue weighted by Gasteiger charge is -2.36. The molecule has 1 saturated heterocycles. The van der Waals surface area contributed by atoms with E-state index in [0.29, 0.717) is 54.1 Å². The highest BCUT2D eigenvalue weighted by Gasteiger charge is 2.23. The van der Waals surface area contributed by atoms with Gasteiger partial charge in [-0.15, -0.1) is 11.8 Å². The molecule has 4 rings (SSSR count). The third kappa shape index (κ3) is 7.57. The van der Waals surface area contributed by atoms with E-state index in [4.69, 9.17) is 27.9 Å². The van der Waals surface area contributed by atoms with Crippen LogP contribution in [0.3, 0.4) is 0 Å². The Balaban J connectivity index is 1.27. The van der Waals surface area contributed by atoms with E-state index in [9.17, 15) is 9.59 Å². The number of hydrogen-bond donors (Lipinski definition) is 1. The Hall–Kier alpha value is -2.87. The number of nitrogens with one attached hydrogen (secondary N) is 1. The average molecular weight is 559 g/mol. The van der Waals surface area contributed by atoms with Crippen LogP contribution in [0.5, 0.6) is 5.75 Å². The van der Waals surface area contributed by atoms with E-state index in [1.165, 1.54) is 11.8 Å². The van der Waals surface area contributed by atoms with Crippen molar-refractivity contribution >= 4 is 58.2 Å². The number of ether oxygens (including phenoxy) is 1. The van der Waals surface area contributed by atoms with E-state index in [0.717, 1.165) is 22.8 Å². The Labute approximate surface area is 231 Å². The Morgan fingerprint density at radius 3 is 2.30 bits per heavy atom. The summed E-state index contributed by atoms with van der Waals surface area (Å²) in [7, 11) is 0. The second-order valence-corrected chi connectivity index (χ2v) is 10.5. The summed E-state index contributed by atoms with van der Waals surface area (Å²) in [6, 6.07) is 20.2. The highest BCUT2D eigenvalue weighted by molar-refractivity contribution is 8.00. The standard InChI is InChI=1S/C28H29Cl2N3O3S/c1-2-17-36-23-8-3-20(4-9-23)28(35)33-15-13-32(14-16-33)26-12-7-22(18-25(26)30)31-27(34)19-37-24-10-5-21(29)6-11-24/h3-12,18H,2,13-17,19H2,1H3,(H,31,34). The number of hydrogen-bond acceptors (Lipinski definition) is 5. The molecule has 1 aliphatic heterocycles. The summed E-state index contributed by atoms with van der Waals surface area (Å²) in [6.07, 6.45) is 0.941. The van der Waals surface area contributed by atoms with Crippen LogP contribution in [0, 0.1) is 0 Å². The second-order valence-electron chi connectivity index (χ2n) is 8.61. The Bertz CT molecular complexity index is 1210. The minimum atomic E-state index is -0.110. The lowest BCUT2D eigenvalue weighted by atomic mass is 10.1. The molecule has 3 aromatic carbocycles. The predicted molar refractivity (Wildman–Crippen MR) is 153 cm³/mol. The number of anilines is 2. The van der Waals surface area contributed by atoms with Gasteiger partial charge in [0.1, 0.15) is 5.75 Å². The lowest BCUT2D eigenvalue weighted by Crippen LogP contribution is -2.48. The van der Waals surface area contributed by atoms with Crippen molar-refractivity contribution in [1.82, 2.24) is 4.90 Å². The van der Waals surface area contributed by atoms with Crippen molar-refractivity contribution in [2.75, 3.05) is 48.8 Å². The molecule has 3 aromatic rings. The summed E-state index contributed by atoms with van der Waals surface area (Å²) < 4.78 is 5.60. The van der Waals surface area contributed by atoms with Crippen LogP contribution in [0.1, 0.15) is 23.7 Å². The highest BCUT2D eigenvalue weighted by atomic mass is 35.5. The molecule has 1 fully saturated rings. The summed E-state index contributed by atoms with van der Waals surface area (Å²) in [4.78, 5) is 30.3. The molecule has 0 radical (unpaired) electrons. The van der Waals surface area contributed by atoms with Crippen LogP contribution in [-0.2, 0) is 4.79 Å². The van der Waals surface area contributed by atoms with Crippen molar-refractivity contribution in [3.63, 3.8) is 0 Å². The fourth-order valence-corrected chi connectivity index (χ4v) is 5.09. The maximum Gasteiger partial charge on any atom is 0.253 e. The van der Waals surface area contributed by atoms with Crippen molar-refractivity contribution in [2.45, 2.75) is 18.2 Å². The monoisotopic (exact) mass is 557 g/mol. The number of nitrogens with zero attached hydrogens (tertiary/aromatic N) is 2. The van der Waals surface area contributed by atoms with E-state index in [1.807, 2.05) is 53.4 Å². The molecule has 0 aromatic heterocycles. The van der Waals surface area contributed by atoms with Gasteiger partial charge in [0.15, 0.2) is 0 Å². The zero-order valence-corrected chi connectivity index (χ0v) is 22.9. The topological polar surface area (TPSA) is 61.9 Å². The van der Waals surface area contributed by atoms with Gasteiger partial charge in [-0.2, -0.15) is 0 Å². The molecule has 6 nitrogen and oxygen atoms in total. The molecule has 0 atom stereocenters. The van der Waals surface area contributed by atoms with E-state index in [-0.39, 0.29) is 17.6 Å². The predicted octanol–water partition coefficient (Wildman–Crippen LogP) is 6.48. The van der Waals surface area contributed by atoms with Crippen LogP contribution in [0.4, 0.5) is 11.4 Å². The summed E-state index contributed by atoms with van der Waals surface area (Å²) in [6.45, 7) is 5.27. The maximum atomic E-state index is 12.9. The molecule has 9 heteroatoms. The normalized spacial score (nSPS) is 13.4. The molecule has 0 saturated carbocycles. The third-order valence-electron chi connectivity index (χ3n) is 5.90. The van der Waals surface area contributed by atoms with Gasteiger partial charge in [0, 0.05) is 47.3 Å². The summed E-state index contributed by atoms with van der Waals surface area (Å²) >= 11 is 13.9. The van der Waals surface area contributed by atoms with Gasteiger partial charge in [-0.3, -0.25) is 9.59 Å². The van der Waals surface area contributed by atoms with E-state index in [2.05, 4.69) is 17.1 Å². The van der Waals surface area contributed by atoms with Gasteiger partial charge in [0.05, 0.1) is 23.1 Å². The Morgan fingerprint density at radius 2 is 1.65 bits per heavy atom. The number of amides is 2. The van der Waals surface area contributed by atoms with Gasteiger partial charge >= 0.3 is 0 Å². The van der Waals surface area contributed by atoms with Gasteiger partial charge in [0.2, 0.25) is 5.91 Å². The van der Waals surface area contributed by atoms with Crippen molar-refractivity contribution < 1.29 is 14.3 Å². The summed E-state index contributed by atoms with van der Waals surface area (Å²) in [5.41, 5.74) is 2.19. The first kappa shape index (κ1) is 27.2. The Morgan fingerprint density at radius 1 is 0.946 bits per heavy atom. The molecule has 0 aliphatic carbocycles. The molecule has 2 amide bonds. The SMILES string of the molecule is CCCOc1ccc(C(=O)N2CCN(c3ccc(NC(=O)CSc4ccc(Cl)cc4)cc3Cl)CC2)cc1. The maximum absolute atomic E-state index is 12.9. The van der Waals surface area contributed by atoms with Crippen LogP contribution < -0.4 is 15.0 Å². The van der Waals surface area contributed by atoms with E-state index >= 15 is 0 Å². The molecular weight excluding hydrogens is 529 g/mol. The van der Waals surface area contributed by atoms with E-state index < -0.39 is 0 Å². The summed E-state index contributed by atoms with van der Waals surface area (Å²) in [5, 5.41) is 4.13. The first-order valence-corrected chi connectivity index (χ1v) is 13.9. The average Bonchev–Trinajstić information content (AvgIpc) is 2.92. The highest BCUT2D eigenvalue weighted by Crippen LogP contribution is 2.30. The number of benzene rings is 3. The molecular formula is C28H29Cl2N3O3S. The number of carbonyl (C=O) groups excluding carboxylic acids is 2. The minimum Gasteiger partial charge on any atom is -0.494 e. The molecule has 1 heterocycles. The van der Waals surface area contributed by atoms with Crippen molar-refractivity contribution in [1.29, 1.82) is 0 Å². The lowest BCUT2D eigenvalue weighted by molar-refractivity contribution is -0.113. The molecule has 1 aliphatic rings. The van der Waals surface area contributed by atoms with Crippen LogP contribution in [0.15, 0.2) is 71.6 Å². The van der Waals surface area contributed by atoms with Gasteiger partial charge in [-0.25, -0.2) is 0 Å². The molecule has 194 valence electrons. The first-order valence-electron chi connectivity index (χ1n) is 12.2. The zero-order chi connectivity index (χ0) is 26.2. The smallest absolute Gasteiger partial charge is 0.253 e. The van der Waals surface area contributed by atoms with Crippen molar-refractivity contribution in [3.8, 4) is 5.75 Å². The van der Waals surface area contributed by atoms with Gasteiger partial charge in [-0.05, 0) is 73.2 Å². The van der Waals surface area contributed by atoms with Crippen molar-refractivity contribution in [2.24, 2.45) is 0 Å². The van der Waals surface area contributed by atoms with Crippen LogP contribution in [-0.4, -0.2) is 55.3 Å². The molecule has 37 heavy (non-hydrogen) atoms. The number of piperazine rings is 1.